The summed E-state index contributed by atoms with van der Waals surface area (Å²) in [4.78, 5) is 25.4. The van der Waals surface area contributed by atoms with E-state index in [2.05, 4.69) is 15.4 Å². The van der Waals surface area contributed by atoms with Crippen LogP contribution >= 0.6 is 0 Å². The molecular weight excluding hydrogens is 554 g/mol. The Kier molecular flexibility index (Phi) is 11.5. The minimum atomic E-state index is -3.29. The molecule has 1 heterocycles. The molecule has 4 N–H and O–H groups in total. The maximum atomic E-state index is 13.0. The zero-order chi connectivity index (χ0) is 30.0. The third kappa shape index (κ3) is 10.3. The second-order valence-electron chi connectivity index (χ2n) is 10.4. The molecule has 0 aliphatic carbocycles. The fourth-order valence-corrected chi connectivity index (χ4v) is 4.52. The van der Waals surface area contributed by atoms with Gasteiger partial charge in [-0.25, -0.2) is 13.1 Å². The molecule has 0 radical (unpaired) electrons. The number of benzene rings is 2. The van der Waals surface area contributed by atoms with Crippen LogP contribution in [0.3, 0.4) is 0 Å². The first-order valence-corrected chi connectivity index (χ1v) is 15.1. The lowest BCUT2D eigenvalue weighted by atomic mass is 9.85. The summed E-state index contributed by atoms with van der Waals surface area (Å²) >= 11 is 0. The topological polar surface area (TPSA) is 162 Å². The Morgan fingerprint density at radius 1 is 1.10 bits per heavy atom. The van der Waals surface area contributed by atoms with Crippen molar-refractivity contribution in [2.75, 3.05) is 39.7 Å². The number of amides is 2. The van der Waals surface area contributed by atoms with Gasteiger partial charge >= 0.3 is 0 Å². The first kappa shape index (κ1) is 32.3. The largest absolute Gasteiger partial charge is 0.497 e. The number of ether oxygens (including phenoxy) is 4. The molecule has 226 valence electrons. The highest BCUT2D eigenvalue weighted by Crippen LogP contribution is 2.37. The first-order chi connectivity index (χ1) is 19.4. The van der Waals surface area contributed by atoms with Gasteiger partial charge in [-0.2, -0.15) is 0 Å². The van der Waals surface area contributed by atoms with Crippen molar-refractivity contribution in [2.45, 2.75) is 45.3 Å². The zero-order valence-electron chi connectivity index (χ0n) is 23.7. The van der Waals surface area contributed by atoms with Crippen LogP contribution in [0.5, 0.6) is 11.5 Å². The maximum Gasteiger partial charge on any atom is 0.249 e. The molecule has 0 saturated carbocycles. The molecule has 1 aliphatic rings. The van der Waals surface area contributed by atoms with E-state index in [1.165, 1.54) is 0 Å². The highest BCUT2D eigenvalue weighted by molar-refractivity contribution is 7.88. The number of carbonyl (C=O) groups is 2. The van der Waals surface area contributed by atoms with Gasteiger partial charge in [0.25, 0.3) is 0 Å². The quantitative estimate of drug-likeness (QED) is 0.236. The normalized spacial score (nSPS) is 19.1. The van der Waals surface area contributed by atoms with Gasteiger partial charge in [-0.3, -0.25) is 9.59 Å². The summed E-state index contributed by atoms with van der Waals surface area (Å²) in [6, 6.07) is 14.2. The van der Waals surface area contributed by atoms with Crippen LogP contribution in [0, 0.1) is 5.41 Å². The molecule has 12 nitrogen and oxygen atoms in total. The number of sulfonamides is 1. The number of aliphatic hydroxyl groups is 1. The molecule has 2 aromatic rings. The third-order valence-corrected chi connectivity index (χ3v) is 7.05. The highest BCUT2D eigenvalue weighted by Gasteiger charge is 2.43. The van der Waals surface area contributed by atoms with Crippen LogP contribution in [0.1, 0.15) is 37.7 Å². The van der Waals surface area contributed by atoms with Gasteiger partial charge in [0, 0.05) is 30.6 Å². The van der Waals surface area contributed by atoms with Crippen LogP contribution in [-0.2, 0) is 35.6 Å². The molecular formula is C28H39N3O9S. The van der Waals surface area contributed by atoms with E-state index in [1.54, 1.807) is 43.5 Å². The Balaban J connectivity index is 1.42. The van der Waals surface area contributed by atoms with E-state index in [4.69, 9.17) is 18.9 Å². The van der Waals surface area contributed by atoms with E-state index in [0.29, 0.717) is 18.1 Å². The lowest BCUT2D eigenvalue weighted by molar-refractivity contribution is -0.258. The smallest absolute Gasteiger partial charge is 0.249 e. The van der Waals surface area contributed by atoms with Gasteiger partial charge < -0.3 is 34.7 Å². The fraction of sp³-hybridized carbons (Fsp3) is 0.500. The summed E-state index contributed by atoms with van der Waals surface area (Å²) < 4.78 is 47.1. The van der Waals surface area contributed by atoms with E-state index >= 15 is 0 Å². The molecule has 1 fully saturated rings. The monoisotopic (exact) mass is 593 g/mol. The molecule has 1 aliphatic heterocycles. The van der Waals surface area contributed by atoms with Crippen LogP contribution in [0.15, 0.2) is 48.5 Å². The summed E-state index contributed by atoms with van der Waals surface area (Å²) in [5.74, 6) is 0.280. The summed E-state index contributed by atoms with van der Waals surface area (Å²) in [6.07, 6.45) is -1.76. The van der Waals surface area contributed by atoms with Crippen molar-refractivity contribution in [2.24, 2.45) is 5.41 Å². The Labute approximate surface area is 240 Å². The average Bonchev–Trinajstić information content (AvgIpc) is 2.93. The number of carbonyl (C=O) groups excluding carboxylic acids is 2. The van der Waals surface area contributed by atoms with Gasteiger partial charge in [-0.1, -0.05) is 38.1 Å². The predicted molar refractivity (Wildman–Crippen MR) is 151 cm³/mol. The molecule has 0 spiro atoms. The van der Waals surface area contributed by atoms with Crippen molar-refractivity contribution in [1.29, 1.82) is 0 Å². The second-order valence-corrected chi connectivity index (χ2v) is 12.2. The van der Waals surface area contributed by atoms with Crippen LogP contribution in [0.25, 0.3) is 0 Å². The van der Waals surface area contributed by atoms with E-state index in [1.807, 2.05) is 26.0 Å². The zero-order valence-corrected chi connectivity index (χ0v) is 24.5. The second kappa shape index (κ2) is 14.6. The van der Waals surface area contributed by atoms with Crippen molar-refractivity contribution < 1.29 is 42.1 Å². The van der Waals surface area contributed by atoms with Crippen LogP contribution in [0.2, 0.25) is 0 Å². The Hall–Kier alpha value is -3.23. The Morgan fingerprint density at radius 3 is 2.51 bits per heavy atom. The lowest BCUT2D eigenvalue weighted by Gasteiger charge is -2.41. The maximum absolute atomic E-state index is 13.0. The number of aliphatic hydroxyl groups excluding tert-OH is 1. The molecule has 13 heteroatoms. The minimum absolute atomic E-state index is 0.0135. The van der Waals surface area contributed by atoms with E-state index in [0.717, 1.165) is 17.4 Å². The van der Waals surface area contributed by atoms with Crippen molar-refractivity contribution >= 4 is 21.8 Å². The van der Waals surface area contributed by atoms with Crippen molar-refractivity contribution in [1.82, 2.24) is 15.4 Å². The standard InChI is InChI=1S/C28H39N3O9S/c1-28(2)18-39-27(20-8-10-21(37-3)11-9-20)40-24(28)26(34)29-13-12-23(32)25(33)30-17-19-6-5-7-22(16-19)38-15-14-31-41(4,35)36/h5-11,16,23-24,27,31-32H,12-15,17-18H2,1-4H3,(H,29,34)(H,30,33)/t23?,24-,27?/m0/s1. The molecule has 41 heavy (non-hydrogen) atoms. The molecule has 1 saturated heterocycles. The fourth-order valence-electron chi connectivity index (χ4n) is 4.07. The molecule has 2 unspecified atom stereocenters. The average molecular weight is 594 g/mol. The van der Waals surface area contributed by atoms with Crippen molar-refractivity contribution in [3.63, 3.8) is 0 Å². The van der Waals surface area contributed by atoms with Gasteiger partial charge in [0.15, 0.2) is 6.29 Å². The molecule has 0 aromatic heterocycles. The SMILES string of the molecule is COc1ccc(C2OCC(C)(C)[C@H](C(=O)NCCC(O)C(=O)NCc3cccc(OCCNS(C)(=O)=O)c3)O2)cc1. The first-order valence-electron chi connectivity index (χ1n) is 13.2. The van der Waals surface area contributed by atoms with Gasteiger partial charge in [-0.05, 0) is 36.2 Å². The lowest BCUT2D eigenvalue weighted by Crippen LogP contribution is -2.52. The third-order valence-electron chi connectivity index (χ3n) is 6.32. The van der Waals surface area contributed by atoms with Gasteiger partial charge in [-0.15, -0.1) is 0 Å². The van der Waals surface area contributed by atoms with E-state index in [9.17, 15) is 23.1 Å². The minimum Gasteiger partial charge on any atom is -0.497 e. The van der Waals surface area contributed by atoms with Crippen LogP contribution < -0.4 is 24.8 Å². The van der Waals surface area contributed by atoms with Gasteiger partial charge in [0.1, 0.15) is 30.3 Å². The van der Waals surface area contributed by atoms with Gasteiger partial charge in [0.05, 0.1) is 20.0 Å². The van der Waals surface area contributed by atoms with Crippen molar-refractivity contribution in [3.8, 4) is 11.5 Å². The predicted octanol–water partition coefficient (Wildman–Crippen LogP) is 1.25. The number of nitrogens with one attached hydrogen (secondary N) is 3. The number of methoxy groups -OCH3 is 1. The van der Waals surface area contributed by atoms with E-state index < -0.39 is 39.8 Å². The molecule has 3 atom stereocenters. The molecule has 2 amide bonds. The summed E-state index contributed by atoms with van der Waals surface area (Å²) in [5.41, 5.74) is 0.899. The number of hydrogen-bond donors (Lipinski definition) is 4. The Morgan fingerprint density at radius 2 is 1.83 bits per heavy atom. The summed E-state index contributed by atoms with van der Waals surface area (Å²) in [7, 11) is -1.71. The molecule has 2 aromatic carbocycles. The number of rotatable bonds is 14. The van der Waals surface area contributed by atoms with Crippen LogP contribution in [0.4, 0.5) is 0 Å². The van der Waals surface area contributed by atoms with Crippen molar-refractivity contribution in [3.05, 3.63) is 59.7 Å². The van der Waals surface area contributed by atoms with Crippen LogP contribution in [-0.4, -0.2) is 77.2 Å². The van der Waals surface area contributed by atoms with E-state index in [-0.39, 0.29) is 38.6 Å². The summed E-state index contributed by atoms with van der Waals surface area (Å²) in [6.45, 7) is 4.54. The summed E-state index contributed by atoms with van der Waals surface area (Å²) in [5, 5.41) is 15.7. The Bertz CT molecular complexity index is 1270. The number of hydrogen-bond acceptors (Lipinski definition) is 9. The highest BCUT2D eigenvalue weighted by atomic mass is 32.2. The van der Waals surface area contributed by atoms with Gasteiger partial charge in [0.2, 0.25) is 21.8 Å². The molecule has 0 bridgehead atoms. The molecule has 3 rings (SSSR count).